The lowest BCUT2D eigenvalue weighted by atomic mass is 10.1. The van der Waals surface area contributed by atoms with E-state index in [-0.39, 0.29) is 15.8 Å². The second kappa shape index (κ2) is 9.24. The van der Waals surface area contributed by atoms with Crippen LogP contribution in [0.3, 0.4) is 0 Å². The van der Waals surface area contributed by atoms with E-state index >= 15 is 0 Å². The van der Waals surface area contributed by atoms with Gasteiger partial charge in [0.1, 0.15) is 6.04 Å². The van der Waals surface area contributed by atoms with E-state index in [0.29, 0.717) is 35.3 Å². The normalized spacial score (nSPS) is 15.8. The van der Waals surface area contributed by atoms with Crippen LogP contribution in [-0.4, -0.2) is 26.9 Å². The van der Waals surface area contributed by atoms with Gasteiger partial charge in [-0.15, -0.1) is 0 Å². The maximum absolute atomic E-state index is 13.1. The van der Waals surface area contributed by atoms with Crippen LogP contribution < -0.4 is 15.4 Å². The molecule has 3 aromatic rings. The summed E-state index contributed by atoms with van der Waals surface area (Å²) in [6, 6.07) is 20.2. The Hall–Kier alpha value is -3.38. The number of benzene rings is 3. The van der Waals surface area contributed by atoms with E-state index in [0.717, 1.165) is 12.1 Å². The molecular formula is C24H21ClN4O3S. The minimum atomic E-state index is -3.91. The van der Waals surface area contributed by atoms with Crippen molar-refractivity contribution < 1.29 is 13.2 Å². The van der Waals surface area contributed by atoms with Gasteiger partial charge in [0.25, 0.3) is 0 Å². The summed E-state index contributed by atoms with van der Waals surface area (Å²) in [6.45, 7) is 0.712. The zero-order chi connectivity index (χ0) is 23.6. The van der Waals surface area contributed by atoms with Crippen LogP contribution in [0.15, 0.2) is 71.6 Å². The quantitative estimate of drug-likeness (QED) is 0.569. The molecule has 4 rings (SSSR count). The molecule has 1 amide bonds. The molecule has 3 N–H and O–H groups in total. The molecule has 1 atom stereocenters. The number of anilines is 2. The molecule has 168 valence electrons. The second-order valence-corrected chi connectivity index (χ2v) is 9.68. The number of rotatable bonds is 5. The van der Waals surface area contributed by atoms with E-state index in [4.69, 9.17) is 22.0 Å². The lowest BCUT2D eigenvalue weighted by Crippen LogP contribution is -2.39. The lowest BCUT2D eigenvalue weighted by Gasteiger charge is -2.26. The number of nitrogens with two attached hydrogens (primary N) is 1. The summed E-state index contributed by atoms with van der Waals surface area (Å²) in [5, 5.41) is 17.7. The van der Waals surface area contributed by atoms with Gasteiger partial charge >= 0.3 is 0 Å². The van der Waals surface area contributed by atoms with Crippen molar-refractivity contribution in [2.75, 3.05) is 16.8 Å². The standard InChI is InChI=1S/C24H21ClN4O3S/c25-20-14-17(19-7-1-2-9-23(19)33(27,31)32)10-11-21(20)28-24(30)22-8-4-12-29(22)18-6-3-5-16(13-18)15-26/h1-3,5-7,9-11,13-14,22H,4,8,12H2,(H,28,30)(H2,27,31,32). The largest absolute Gasteiger partial charge is 0.359 e. The molecular weight excluding hydrogens is 460 g/mol. The Morgan fingerprint density at radius 3 is 2.64 bits per heavy atom. The molecule has 1 aliphatic rings. The third-order valence-electron chi connectivity index (χ3n) is 5.59. The van der Waals surface area contributed by atoms with Crippen LogP contribution in [-0.2, 0) is 14.8 Å². The first-order chi connectivity index (χ1) is 15.8. The van der Waals surface area contributed by atoms with E-state index < -0.39 is 16.1 Å². The highest BCUT2D eigenvalue weighted by Gasteiger charge is 2.31. The molecule has 1 aliphatic heterocycles. The van der Waals surface area contributed by atoms with Crippen LogP contribution in [0.1, 0.15) is 18.4 Å². The summed E-state index contributed by atoms with van der Waals surface area (Å²) < 4.78 is 23.8. The topological polar surface area (TPSA) is 116 Å². The number of nitriles is 1. The summed E-state index contributed by atoms with van der Waals surface area (Å²) in [5.74, 6) is -0.200. The van der Waals surface area contributed by atoms with Crippen molar-refractivity contribution in [2.45, 2.75) is 23.8 Å². The van der Waals surface area contributed by atoms with E-state index in [1.165, 1.54) is 6.07 Å². The predicted octanol–water partition coefficient (Wildman–Crippen LogP) is 4.13. The second-order valence-electron chi connectivity index (χ2n) is 7.74. The highest BCUT2D eigenvalue weighted by atomic mass is 35.5. The molecule has 3 aromatic carbocycles. The molecule has 0 aromatic heterocycles. The summed E-state index contributed by atoms with van der Waals surface area (Å²) in [5.41, 5.74) is 2.79. The molecule has 1 unspecified atom stereocenters. The Morgan fingerprint density at radius 2 is 1.91 bits per heavy atom. The van der Waals surface area contributed by atoms with Crippen molar-refractivity contribution in [3.05, 3.63) is 77.3 Å². The Bertz CT molecular complexity index is 1370. The van der Waals surface area contributed by atoms with E-state index in [1.807, 2.05) is 11.0 Å². The van der Waals surface area contributed by atoms with Gasteiger partial charge in [0, 0.05) is 17.8 Å². The molecule has 1 saturated heterocycles. The smallest absolute Gasteiger partial charge is 0.247 e. The minimum absolute atomic E-state index is 0.000880. The zero-order valence-electron chi connectivity index (χ0n) is 17.5. The van der Waals surface area contributed by atoms with Gasteiger partial charge < -0.3 is 10.2 Å². The fourth-order valence-corrected chi connectivity index (χ4v) is 5.04. The lowest BCUT2D eigenvalue weighted by molar-refractivity contribution is -0.117. The van der Waals surface area contributed by atoms with Gasteiger partial charge in [-0.3, -0.25) is 4.79 Å². The third kappa shape index (κ3) is 4.86. The van der Waals surface area contributed by atoms with Crippen molar-refractivity contribution in [2.24, 2.45) is 5.14 Å². The van der Waals surface area contributed by atoms with E-state index in [1.54, 1.807) is 54.6 Å². The molecule has 0 saturated carbocycles. The maximum Gasteiger partial charge on any atom is 0.247 e. The van der Waals surface area contributed by atoms with Gasteiger partial charge in [-0.05, 0) is 54.8 Å². The monoisotopic (exact) mass is 480 g/mol. The van der Waals surface area contributed by atoms with Gasteiger partial charge in [0.15, 0.2) is 0 Å². The number of carbonyl (C=O) groups excluding carboxylic acids is 1. The molecule has 1 fully saturated rings. The number of hydrogen-bond acceptors (Lipinski definition) is 5. The molecule has 1 heterocycles. The van der Waals surface area contributed by atoms with Crippen molar-refractivity contribution in [1.82, 2.24) is 0 Å². The van der Waals surface area contributed by atoms with E-state index in [9.17, 15) is 13.2 Å². The molecule has 0 aliphatic carbocycles. The number of sulfonamides is 1. The number of halogens is 1. The molecule has 0 spiro atoms. The first-order valence-electron chi connectivity index (χ1n) is 10.3. The molecule has 9 heteroatoms. The number of carbonyl (C=O) groups is 1. The van der Waals surface area contributed by atoms with Crippen LogP contribution in [0, 0.1) is 11.3 Å². The number of amides is 1. The molecule has 33 heavy (non-hydrogen) atoms. The third-order valence-corrected chi connectivity index (χ3v) is 6.88. The van der Waals surface area contributed by atoms with Crippen LogP contribution >= 0.6 is 11.6 Å². The Balaban J connectivity index is 1.57. The Morgan fingerprint density at radius 1 is 1.12 bits per heavy atom. The minimum Gasteiger partial charge on any atom is -0.359 e. The maximum atomic E-state index is 13.1. The highest BCUT2D eigenvalue weighted by Crippen LogP contribution is 2.33. The van der Waals surface area contributed by atoms with Crippen molar-refractivity contribution in [3.63, 3.8) is 0 Å². The molecule has 0 radical (unpaired) electrons. The predicted molar refractivity (Wildman–Crippen MR) is 128 cm³/mol. The number of primary sulfonamides is 1. The summed E-state index contributed by atoms with van der Waals surface area (Å²) in [4.78, 5) is 15.1. The summed E-state index contributed by atoms with van der Waals surface area (Å²) >= 11 is 6.44. The summed E-state index contributed by atoms with van der Waals surface area (Å²) in [6.07, 6.45) is 1.53. The van der Waals surface area contributed by atoms with Crippen LogP contribution in [0.25, 0.3) is 11.1 Å². The van der Waals surface area contributed by atoms with Gasteiger partial charge in [0.05, 0.1) is 27.2 Å². The zero-order valence-corrected chi connectivity index (χ0v) is 19.1. The van der Waals surface area contributed by atoms with Crippen LogP contribution in [0.2, 0.25) is 5.02 Å². The molecule has 0 bridgehead atoms. The first kappa shape index (κ1) is 22.8. The van der Waals surface area contributed by atoms with Gasteiger partial charge in [-0.1, -0.05) is 41.9 Å². The number of hydrogen-bond donors (Lipinski definition) is 2. The van der Waals surface area contributed by atoms with Gasteiger partial charge in [0.2, 0.25) is 15.9 Å². The number of nitrogens with zero attached hydrogens (tertiary/aromatic N) is 2. The van der Waals surface area contributed by atoms with E-state index in [2.05, 4.69) is 11.4 Å². The average molecular weight is 481 g/mol. The first-order valence-corrected chi connectivity index (χ1v) is 12.2. The average Bonchev–Trinajstić information content (AvgIpc) is 3.30. The number of nitrogens with one attached hydrogen (secondary N) is 1. The molecule has 7 nitrogen and oxygen atoms in total. The van der Waals surface area contributed by atoms with Crippen LogP contribution in [0.4, 0.5) is 11.4 Å². The summed E-state index contributed by atoms with van der Waals surface area (Å²) in [7, 11) is -3.91. The Kier molecular flexibility index (Phi) is 6.38. The van der Waals surface area contributed by atoms with Gasteiger partial charge in [-0.2, -0.15) is 5.26 Å². The van der Waals surface area contributed by atoms with Crippen molar-refractivity contribution >= 4 is 38.9 Å². The van der Waals surface area contributed by atoms with Gasteiger partial charge in [-0.25, -0.2) is 13.6 Å². The SMILES string of the molecule is N#Cc1cccc(N2CCCC2C(=O)Nc2ccc(-c3ccccc3S(N)(=O)=O)cc2Cl)c1. The van der Waals surface area contributed by atoms with Crippen molar-refractivity contribution in [1.29, 1.82) is 5.26 Å². The van der Waals surface area contributed by atoms with Crippen LogP contribution in [0.5, 0.6) is 0 Å². The Labute approximate surface area is 197 Å². The highest BCUT2D eigenvalue weighted by molar-refractivity contribution is 7.89. The van der Waals surface area contributed by atoms with Crippen molar-refractivity contribution in [3.8, 4) is 17.2 Å². The fraction of sp³-hybridized carbons (Fsp3) is 0.167. The fourth-order valence-electron chi connectivity index (χ4n) is 4.06.